The van der Waals surface area contributed by atoms with Gasteiger partial charge in [0.25, 0.3) is 0 Å². The first-order valence-corrected chi connectivity index (χ1v) is 2.72. The molecule has 0 aromatic heterocycles. The van der Waals surface area contributed by atoms with Gasteiger partial charge in [-0.1, -0.05) is 0 Å². The van der Waals surface area contributed by atoms with Gasteiger partial charge in [0, 0.05) is 6.26 Å². The SMILES string of the molecule is CS(=O)(=O)[O-].[Zn+2]. The molecule has 6 heavy (non-hydrogen) atoms. The third kappa shape index (κ3) is 199. The minimum atomic E-state index is -3.92. The number of rotatable bonds is 0. The van der Waals surface area contributed by atoms with E-state index in [1.807, 2.05) is 0 Å². The summed E-state index contributed by atoms with van der Waals surface area (Å²) < 4.78 is 27.2. The molecule has 32 valence electrons. The quantitative estimate of drug-likeness (QED) is 0.343. The summed E-state index contributed by atoms with van der Waals surface area (Å²) in [4.78, 5) is 0. The standard InChI is InChI=1S/CH4O3S.Zn/c1-5(2,3)4;/h1H3,(H,2,3,4);/q;+2/p-1. The monoisotopic (exact) mass is 159 g/mol. The summed E-state index contributed by atoms with van der Waals surface area (Å²) in [5.74, 6) is 0. The molecule has 3 nitrogen and oxygen atoms in total. The van der Waals surface area contributed by atoms with Crippen LogP contribution in [-0.4, -0.2) is 19.2 Å². The maximum atomic E-state index is 9.08. The maximum Gasteiger partial charge on any atom is 2.00 e. The third-order valence-electron chi connectivity index (χ3n) is 0. The van der Waals surface area contributed by atoms with Crippen molar-refractivity contribution >= 4 is 10.1 Å². The van der Waals surface area contributed by atoms with Gasteiger partial charge in [-0.2, -0.15) is 0 Å². The zero-order valence-electron chi connectivity index (χ0n) is 3.34. The fraction of sp³-hybridized carbons (Fsp3) is 1.00. The van der Waals surface area contributed by atoms with Crippen molar-refractivity contribution in [3.8, 4) is 0 Å². The summed E-state index contributed by atoms with van der Waals surface area (Å²) in [6, 6.07) is 0. The summed E-state index contributed by atoms with van der Waals surface area (Å²) in [7, 11) is -3.92. The topological polar surface area (TPSA) is 57.2 Å². The average molecular weight is 160 g/mol. The Hall–Kier alpha value is 0.533. The fourth-order valence-electron chi connectivity index (χ4n) is 0. The van der Waals surface area contributed by atoms with E-state index >= 15 is 0 Å². The van der Waals surface area contributed by atoms with Gasteiger partial charge in [-0.15, -0.1) is 0 Å². The van der Waals surface area contributed by atoms with Crippen LogP contribution in [-0.2, 0) is 29.6 Å². The van der Waals surface area contributed by atoms with Crippen molar-refractivity contribution in [3.05, 3.63) is 0 Å². The first-order chi connectivity index (χ1) is 2.00. The van der Waals surface area contributed by atoms with E-state index in [-0.39, 0.29) is 19.5 Å². The van der Waals surface area contributed by atoms with Crippen LogP contribution >= 0.6 is 0 Å². The maximum absolute atomic E-state index is 9.08. The fourth-order valence-corrected chi connectivity index (χ4v) is 0. The normalized spacial score (nSPS) is 9.67. The van der Waals surface area contributed by atoms with E-state index in [0.29, 0.717) is 6.26 Å². The summed E-state index contributed by atoms with van der Waals surface area (Å²) in [6.45, 7) is 0. The van der Waals surface area contributed by atoms with Gasteiger partial charge in [0.15, 0.2) is 0 Å². The van der Waals surface area contributed by atoms with Crippen LogP contribution in [0, 0.1) is 0 Å². The summed E-state index contributed by atoms with van der Waals surface area (Å²) >= 11 is 0. The molecule has 0 aromatic carbocycles. The molecule has 0 atom stereocenters. The zero-order valence-corrected chi connectivity index (χ0v) is 7.12. The minimum Gasteiger partial charge on any atom is -0.748 e. The molecule has 0 heterocycles. The third-order valence-corrected chi connectivity index (χ3v) is 0. The largest absolute Gasteiger partial charge is 2.00 e. The Morgan fingerprint density at radius 1 is 1.50 bits per heavy atom. The smallest absolute Gasteiger partial charge is 0.748 e. The number of hydrogen-bond donors (Lipinski definition) is 0. The Balaban J connectivity index is 0. The van der Waals surface area contributed by atoms with Gasteiger partial charge in [-0.25, -0.2) is 8.42 Å². The van der Waals surface area contributed by atoms with Gasteiger partial charge >= 0.3 is 19.5 Å². The van der Waals surface area contributed by atoms with E-state index in [4.69, 9.17) is 13.0 Å². The van der Waals surface area contributed by atoms with E-state index in [0.717, 1.165) is 0 Å². The summed E-state index contributed by atoms with van der Waals surface area (Å²) in [6.07, 6.45) is 0.604. The van der Waals surface area contributed by atoms with Crippen LogP contribution in [0.1, 0.15) is 0 Å². The molecule has 5 heteroatoms. The van der Waals surface area contributed by atoms with Gasteiger partial charge in [-0.3, -0.25) is 0 Å². The molecule has 0 spiro atoms. The van der Waals surface area contributed by atoms with Gasteiger partial charge < -0.3 is 4.55 Å². The van der Waals surface area contributed by atoms with Crippen molar-refractivity contribution in [1.29, 1.82) is 0 Å². The Morgan fingerprint density at radius 2 is 1.50 bits per heavy atom. The molecular formula is CH3O3SZn+. The van der Waals surface area contributed by atoms with E-state index in [1.165, 1.54) is 0 Å². The van der Waals surface area contributed by atoms with Gasteiger partial charge in [0.1, 0.15) is 0 Å². The molecule has 0 unspecified atom stereocenters. The van der Waals surface area contributed by atoms with E-state index < -0.39 is 10.1 Å². The molecule has 0 saturated heterocycles. The molecule has 0 aliphatic heterocycles. The van der Waals surface area contributed by atoms with Crippen molar-refractivity contribution in [3.63, 3.8) is 0 Å². The molecule has 0 N–H and O–H groups in total. The van der Waals surface area contributed by atoms with Crippen molar-refractivity contribution in [2.75, 3.05) is 6.26 Å². The molecule has 0 aromatic rings. The molecule has 0 saturated carbocycles. The molecule has 0 aliphatic rings. The van der Waals surface area contributed by atoms with E-state index in [2.05, 4.69) is 0 Å². The van der Waals surface area contributed by atoms with Crippen LogP contribution in [0.15, 0.2) is 0 Å². The second-order valence-electron chi connectivity index (χ2n) is 0.704. The second kappa shape index (κ2) is 2.66. The first kappa shape index (κ1) is 9.73. The van der Waals surface area contributed by atoms with Crippen molar-refractivity contribution < 1.29 is 32.4 Å². The Bertz CT molecular complexity index is 94.0. The summed E-state index contributed by atoms with van der Waals surface area (Å²) in [5.41, 5.74) is 0. The Kier molecular flexibility index (Phi) is 4.32. The van der Waals surface area contributed by atoms with Gasteiger partial charge in [0.2, 0.25) is 0 Å². The number of hydrogen-bond acceptors (Lipinski definition) is 3. The minimum absolute atomic E-state index is 0. The van der Waals surface area contributed by atoms with Crippen LogP contribution in [0.4, 0.5) is 0 Å². The molecule has 0 aliphatic carbocycles. The molecule has 0 fully saturated rings. The van der Waals surface area contributed by atoms with Crippen LogP contribution in [0.5, 0.6) is 0 Å². The van der Waals surface area contributed by atoms with Crippen LogP contribution in [0.3, 0.4) is 0 Å². The predicted octanol–water partition coefficient (Wildman–Crippen LogP) is -0.841. The Morgan fingerprint density at radius 3 is 1.50 bits per heavy atom. The summed E-state index contributed by atoms with van der Waals surface area (Å²) in [5, 5.41) is 0. The molecule has 0 amide bonds. The molecule has 0 radical (unpaired) electrons. The van der Waals surface area contributed by atoms with Gasteiger partial charge in [0.05, 0.1) is 10.1 Å². The van der Waals surface area contributed by atoms with E-state index in [9.17, 15) is 0 Å². The first-order valence-electron chi connectivity index (χ1n) is 0.908. The van der Waals surface area contributed by atoms with Gasteiger partial charge in [-0.05, 0) is 0 Å². The Labute approximate surface area is 49.3 Å². The van der Waals surface area contributed by atoms with E-state index in [1.54, 1.807) is 0 Å². The zero-order chi connectivity index (χ0) is 4.50. The van der Waals surface area contributed by atoms with Crippen LogP contribution in [0.25, 0.3) is 0 Å². The van der Waals surface area contributed by atoms with Crippen molar-refractivity contribution in [2.24, 2.45) is 0 Å². The van der Waals surface area contributed by atoms with Crippen LogP contribution in [0.2, 0.25) is 0 Å². The van der Waals surface area contributed by atoms with Crippen molar-refractivity contribution in [1.82, 2.24) is 0 Å². The second-order valence-corrected chi connectivity index (χ2v) is 2.11. The molecular weight excluding hydrogens is 157 g/mol. The molecule has 0 bridgehead atoms. The molecule has 0 rings (SSSR count). The van der Waals surface area contributed by atoms with Crippen molar-refractivity contribution in [2.45, 2.75) is 0 Å². The average Bonchev–Trinajstić information content (AvgIpc) is 0.722. The predicted molar refractivity (Wildman–Crippen MR) is 15.6 cm³/mol. The van der Waals surface area contributed by atoms with Crippen LogP contribution < -0.4 is 0 Å².